The molecule has 0 atom stereocenters. The van der Waals surface area contributed by atoms with E-state index < -0.39 is 0 Å². The first-order chi connectivity index (χ1) is 14.8. The predicted molar refractivity (Wildman–Crippen MR) is 126 cm³/mol. The Morgan fingerprint density at radius 1 is 0.733 bits per heavy atom. The number of aliphatic imine (C=N–C) groups is 1. The number of nitrogens with zero attached hydrogens (tertiary/aromatic N) is 2. The Balaban J connectivity index is 1.61. The summed E-state index contributed by atoms with van der Waals surface area (Å²) >= 11 is 1.55. The third-order valence-electron chi connectivity index (χ3n) is 4.95. The third-order valence-corrected chi connectivity index (χ3v) is 5.96. The van der Waals surface area contributed by atoms with E-state index in [0.29, 0.717) is 10.7 Å². The van der Waals surface area contributed by atoms with Crippen molar-refractivity contribution in [1.29, 1.82) is 0 Å². The van der Waals surface area contributed by atoms with Crippen LogP contribution in [0.2, 0.25) is 0 Å². The summed E-state index contributed by atoms with van der Waals surface area (Å²) in [6.45, 7) is 0. The highest BCUT2D eigenvalue weighted by Gasteiger charge is 2.14. The first-order valence-electron chi connectivity index (χ1n) is 9.66. The van der Waals surface area contributed by atoms with E-state index in [4.69, 9.17) is 4.98 Å². The average Bonchev–Trinajstić information content (AvgIpc) is 3.24. The lowest BCUT2D eigenvalue weighted by molar-refractivity contribution is 0.475. The zero-order valence-electron chi connectivity index (χ0n) is 16.1. The molecule has 30 heavy (non-hydrogen) atoms. The molecule has 1 aromatic heterocycles. The van der Waals surface area contributed by atoms with Crippen molar-refractivity contribution >= 4 is 33.5 Å². The van der Waals surface area contributed by atoms with Gasteiger partial charge in [-0.3, -0.25) is 0 Å². The molecule has 5 rings (SSSR count). The van der Waals surface area contributed by atoms with Gasteiger partial charge < -0.3 is 5.11 Å². The molecule has 0 saturated carbocycles. The molecule has 1 heterocycles. The summed E-state index contributed by atoms with van der Waals surface area (Å²) in [5.74, 6) is 0.209. The predicted octanol–water partition coefficient (Wildman–Crippen LogP) is 7.09. The second-order valence-electron chi connectivity index (χ2n) is 6.88. The molecule has 4 heteroatoms. The highest BCUT2D eigenvalue weighted by molar-refractivity contribution is 7.19. The molecule has 0 amide bonds. The van der Waals surface area contributed by atoms with E-state index in [1.54, 1.807) is 23.6 Å². The number of hydrogen-bond acceptors (Lipinski definition) is 4. The minimum Gasteiger partial charge on any atom is -0.507 e. The second kappa shape index (κ2) is 7.93. The van der Waals surface area contributed by atoms with Gasteiger partial charge in [-0.05, 0) is 22.4 Å². The maximum Gasteiger partial charge on any atom is 0.210 e. The molecule has 1 N–H and O–H groups in total. The highest BCUT2D eigenvalue weighted by Crippen LogP contribution is 2.40. The van der Waals surface area contributed by atoms with Gasteiger partial charge in [0.1, 0.15) is 5.75 Å². The Labute approximate surface area is 178 Å². The van der Waals surface area contributed by atoms with E-state index >= 15 is 0 Å². The molecule has 0 spiro atoms. The molecular formula is C26H18N2OS. The summed E-state index contributed by atoms with van der Waals surface area (Å²) in [5.41, 5.74) is 3.79. The van der Waals surface area contributed by atoms with E-state index in [0.717, 1.165) is 32.5 Å². The molecule has 144 valence electrons. The van der Waals surface area contributed by atoms with Crippen molar-refractivity contribution in [2.45, 2.75) is 0 Å². The van der Waals surface area contributed by atoms with E-state index in [-0.39, 0.29) is 5.75 Å². The zero-order valence-corrected chi connectivity index (χ0v) is 16.9. The maximum absolute atomic E-state index is 10.4. The lowest BCUT2D eigenvalue weighted by atomic mass is 10.0. The number of phenolic OH excluding ortho intramolecular Hbond substituents is 1. The smallest absolute Gasteiger partial charge is 0.210 e. The summed E-state index contributed by atoms with van der Waals surface area (Å²) in [7, 11) is 0. The van der Waals surface area contributed by atoms with Crippen LogP contribution in [0.25, 0.3) is 32.5 Å². The van der Waals surface area contributed by atoms with E-state index in [1.807, 2.05) is 66.7 Å². The van der Waals surface area contributed by atoms with Gasteiger partial charge in [0, 0.05) is 17.3 Å². The van der Waals surface area contributed by atoms with Crippen LogP contribution >= 0.6 is 11.3 Å². The standard InChI is InChI=1S/C26H18N2OS/c29-23-16-15-18-9-7-8-14-21(18)22(23)17-27-26-28-24(19-10-3-1-4-11-19)25(30-26)20-12-5-2-6-13-20/h1-17,29H. The Morgan fingerprint density at radius 3 is 2.17 bits per heavy atom. The average molecular weight is 407 g/mol. The van der Waals surface area contributed by atoms with Gasteiger partial charge in [-0.25, -0.2) is 9.98 Å². The topological polar surface area (TPSA) is 45.5 Å². The summed E-state index contributed by atoms with van der Waals surface area (Å²) in [4.78, 5) is 10.5. The molecule has 0 aliphatic rings. The number of hydrogen-bond donors (Lipinski definition) is 1. The summed E-state index contributed by atoms with van der Waals surface area (Å²) in [6.07, 6.45) is 1.71. The maximum atomic E-state index is 10.4. The number of phenols is 1. The monoisotopic (exact) mass is 406 g/mol. The first-order valence-corrected chi connectivity index (χ1v) is 10.5. The zero-order chi connectivity index (χ0) is 20.3. The van der Waals surface area contributed by atoms with Gasteiger partial charge >= 0.3 is 0 Å². The first kappa shape index (κ1) is 18.3. The number of aromatic hydroxyl groups is 1. The number of rotatable bonds is 4. The molecule has 0 bridgehead atoms. The molecule has 4 aromatic carbocycles. The lowest BCUT2D eigenvalue weighted by Gasteiger charge is -2.04. The van der Waals surface area contributed by atoms with Crippen molar-refractivity contribution in [2.24, 2.45) is 4.99 Å². The third kappa shape index (κ3) is 3.49. The molecule has 0 aliphatic heterocycles. The van der Waals surface area contributed by atoms with Crippen molar-refractivity contribution in [3.05, 3.63) is 103 Å². The van der Waals surface area contributed by atoms with Crippen molar-refractivity contribution in [2.75, 3.05) is 0 Å². The van der Waals surface area contributed by atoms with Gasteiger partial charge in [0.05, 0.1) is 10.6 Å². The van der Waals surface area contributed by atoms with Gasteiger partial charge in [0.2, 0.25) is 5.13 Å². The summed E-state index contributed by atoms with van der Waals surface area (Å²) < 4.78 is 0. The van der Waals surface area contributed by atoms with Crippen LogP contribution in [0.4, 0.5) is 5.13 Å². The Bertz CT molecular complexity index is 1280. The van der Waals surface area contributed by atoms with Gasteiger partial charge in [-0.2, -0.15) is 0 Å². The van der Waals surface area contributed by atoms with Gasteiger partial charge in [0.15, 0.2) is 0 Å². The molecule has 0 fully saturated rings. The number of thiazole rings is 1. The van der Waals surface area contributed by atoms with Gasteiger partial charge in [0.25, 0.3) is 0 Å². The van der Waals surface area contributed by atoms with Crippen LogP contribution < -0.4 is 0 Å². The van der Waals surface area contributed by atoms with E-state index in [1.165, 1.54) is 0 Å². The van der Waals surface area contributed by atoms with Crippen molar-refractivity contribution in [3.8, 4) is 27.4 Å². The molecule has 0 unspecified atom stereocenters. The summed E-state index contributed by atoms with van der Waals surface area (Å²) in [5, 5.41) is 13.1. The Kier molecular flexibility index (Phi) is 4.83. The van der Waals surface area contributed by atoms with Crippen molar-refractivity contribution in [3.63, 3.8) is 0 Å². The lowest BCUT2D eigenvalue weighted by Crippen LogP contribution is -1.85. The normalized spacial score (nSPS) is 11.3. The van der Waals surface area contributed by atoms with Gasteiger partial charge in [-0.15, -0.1) is 0 Å². The van der Waals surface area contributed by atoms with Crippen LogP contribution in [0.5, 0.6) is 5.75 Å². The number of fused-ring (bicyclic) bond motifs is 1. The molecule has 0 aliphatic carbocycles. The Morgan fingerprint density at radius 2 is 1.40 bits per heavy atom. The molecule has 5 aromatic rings. The quantitative estimate of drug-likeness (QED) is 0.324. The molecule has 0 radical (unpaired) electrons. The van der Waals surface area contributed by atoms with Crippen LogP contribution in [0.3, 0.4) is 0 Å². The molecule has 3 nitrogen and oxygen atoms in total. The van der Waals surface area contributed by atoms with Crippen molar-refractivity contribution < 1.29 is 5.11 Å². The summed E-state index contributed by atoms with van der Waals surface area (Å²) in [6, 6.07) is 32.0. The fraction of sp³-hybridized carbons (Fsp3) is 0. The fourth-order valence-electron chi connectivity index (χ4n) is 3.48. The SMILES string of the molecule is Oc1ccc2ccccc2c1C=Nc1nc(-c2ccccc2)c(-c2ccccc2)s1. The van der Waals surface area contributed by atoms with Crippen LogP contribution in [0.1, 0.15) is 5.56 Å². The molecule has 0 saturated heterocycles. The van der Waals surface area contributed by atoms with Gasteiger partial charge in [-0.1, -0.05) is 102 Å². The van der Waals surface area contributed by atoms with Crippen LogP contribution in [0, 0.1) is 0 Å². The fourth-order valence-corrected chi connectivity index (χ4v) is 4.42. The minimum atomic E-state index is 0.209. The second-order valence-corrected chi connectivity index (χ2v) is 7.86. The van der Waals surface area contributed by atoms with Crippen LogP contribution in [0.15, 0.2) is 102 Å². The van der Waals surface area contributed by atoms with E-state index in [9.17, 15) is 5.11 Å². The van der Waals surface area contributed by atoms with E-state index in [2.05, 4.69) is 29.3 Å². The van der Waals surface area contributed by atoms with Crippen LogP contribution in [-0.4, -0.2) is 16.3 Å². The molecular weight excluding hydrogens is 388 g/mol. The largest absolute Gasteiger partial charge is 0.507 e. The Hall–Kier alpha value is -3.76. The number of aromatic nitrogens is 1. The van der Waals surface area contributed by atoms with Crippen LogP contribution in [-0.2, 0) is 0 Å². The minimum absolute atomic E-state index is 0.209. The van der Waals surface area contributed by atoms with Crippen molar-refractivity contribution in [1.82, 2.24) is 4.98 Å². The highest BCUT2D eigenvalue weighted by atomic mass is 32.1. The number of benzene rings is 4.